The highest BCUT2D eigenvalue weighted by Gasteiger charge is 2.17. The molecule has 0 atom stereocenters. The van der Waals surface area contributed by atoms with Crippen LogP contribution in [0, 0.1) is 10.1 Å². The summed E-state index contributed by atoms with van der Waals surface area (Å²) in [5.74, 6) is -0.357. The predicted molar refractivity (Wildman–Crippen MR) is 71.6 cm³/mol. The van der Waals surface area contributed by atoms with Crippen LogP contribution in [0.1, 0.15) is 10.4 Å². The number of ether oxygens (including phenoxy) is 1. The lowest BCUT2D eigenvalue weighted by atomic mass is 10.1. The smallest absolute Gasteiger partial charge is 0.270 e. The number of nitro benzene ring substituents is 1. The molecule has 0 aliphatic rings. The zero-order chi connectivity index (χ0) is 14.4. The summed E-state index contributed by atoms with van der Waals surface area (Å²) in [7, 11) is 5.07. The van der Waals surface area contributed by atoms with Crippen LogP contribution in [0.25, 0.3) is 0 Å². The number of carbonyl (C=O) groups is 1. The van der Waals surface area contributed by atoms with Gasteiger partial charge in [0, 0.05) is 45.6 Å². The Kier molecular flexibility index (Phi) is 5.25. The van der Waals surface area contributed by atoms with Crippen LogP contribution >= 0.6 is 0 Å². The van der Waals surface area contributed by atoms with E-state index in [1.54, 1.807) is 25.1 Å². The Hall–Kier alpha value is -2.15. The highest BCUT2D eigenvalue weighted by molar-refractivity contribution is 6.00. The van der Waals surface area contributed by atoms with Gasteiger partial charge in [-0.3, -0.25) is 14.9 Å². The van der Waals surface area contributed by atoms with E-state index >= 15 is 0 Å². The third kappa shape index (κ3) is 3.92. The van der Waals surface area contributed by atoms with Crippen LogP contribution in [-0.4, -0.2) is 45.2 Å². The van der Waals surface area contributed by atoms with E-state index in [0.29, 0.717) is 18.8 Å². The number of carbonyl (C=O) groups excluding carboxylic acids is 1. The fraction of sp³-hybridized carbons (Fsp3) is 0.417. The quantitative estimate of drug-likeness (QED) is 0.473. The highest BCUT2D eigenvalue weighted by Crippen LogP contribution is 2.24. The number of non-ortho nitro benzene ring substituents is 1. The van der Waals surface area contributed by atoms with Gasteiger partial charge >= 0.3 is 0 Å². The number of nitro groups is 1. The maximum absolute atomic E-state index is 12.0. The number of amides is 1. The van der Waals surface area contributed by atoms with Crippen LogP contribution in [0.4, 0.5) is 11.4 Å². The van der Waals surface area contributed by atoms with Gasteiger partial charge in [-0.15, -0.1) is 0 Å². The van der Waals surface area contributed by atoms with Gasteiger partial charge in [0.05, 0.1) is 17.1 Å². The third-order valence-corrected chi connectivity index (χ3v) is 2.51. The van der Waals surface area contributed by atoms with Crippen LogP contribution in [-0.2, 0) is 4.74 Å². The van der Waals surface area contributed by atoms with E-state index in [9.17, 15) is 14.9 Å². The first-order chi connectivity index (χ1) is 8.97. The molecule has 0 radical (unpaired) electrons. The minimum absolute atomic E-state index is 0.109. The molecule has 0 bridgehead atoms. The standard InChI is InChI=1S/C12H17N3O4/c1-14(2)11-5-4-9(15(17)18)8-10(11)12(16)13-6-7-19-3/h4-5,8H,6-7H2,1-3H3,(H,13,16). The second kappa shape index (κ2) is 6.69. The Morgan fingerprint density at radius 3 is 2.68 bits per heavy atom. The van der Waals surface area contributed by atoms with Crippen molar-refractivity contribution in [1.29, 1.82) is 0 Å². The van der Waals surface area contributed by atoms with Crippen molar-refractivity contribution in [3.8, 4) is 0 Å². The summed E-state index contributed by atoms with van der Waals surface area (Å²) in [6.45, 7) is 0.739. The number of nitrogens with zero attached hydrogens (tertiary/aromatic N) is 2. The van der Waals surface area contributed by atoms with Gasteiger partial charge < -0.3 is 15.0 Å². The summed E-state index contributed by atoms with van der Waals surface area (Å²) in [5.41, 5.74) is 0.790. The van der Waals surface area contributed by atoms with Crippen molar-refractivity contribution in [2.24, 2.45) is 0 Å². The van der Waals surface area contributed by atoms with E-state index in [1.807, 2.05) is 0 Å². The average molecular weight is 267 g/mol. The molecule has 0 aliphatic heterocycles. The number of methoxy groups -OCH3 is 1. The predicted octanol–water partition coefficient (Wildman–Crippen LogP) is 1.04. The first kappa shape index (κ1) is 14.9. The molecule has 7 heteroatoms. The van der Waals surface area contributed by atoms with Gasteiger partial charge in [0.25, 0.3) is 11.6 Å². The van der Waals surface area contributed by atoms with Gasteiger partial charge in [-0.05, 0) is 6.07 Å². The number of anilines is 1. The Balaban J connectivity index is 3.03. The SMILES string of the molecule is COCCNC(=O)c1cc([N+](=O)[O-])ccc1N(C)C. The molecule has 0 spiro atoms. The molecule has 104 valence electrons. The van der Waals surface area contributed by atoms with Crippen LogP contribution in [0.5, 0.6) is 0 Å². The molecule has 0 aromatic heterocycles. The molecule has 0 fully saturated rings. The first-order valence-corrected chi connectivity index (χ1v) is 5.70. The van der Waals surface area contributed by atoms with Crippen LogP contribution in [0.3, 0.4) is 0 Å². The zero-order valence-corrected chi connectivity index (χ0v) is 11.2. The maximum atomic E-state index is 12.0. The normalized spacial score (nSPS) is 10.1. The molecule has 1 aromatic carbocycles. The Labute approximate surface area is 111 Å². The molecule has 1 N–H and O–H groups in total. The minimum atomic E-state index is -0.522. The molecule has 0 unspecified atom stereocenters. The van der Waals surface area contributed by atoms with Crippen LogP contribution in [0.2, 0.25) is 0 Å². The number of hydrogen-bond donors (Lipinski definition) is 1. The van der Waals surface area contributed by atoms with Crippen LogP contribution < -0.4 is 10.2 Å². The largest absolute Gasteiger partial charge is 0.383 e. The van der Waals surface area contributed by atoms with Crippen LogP contribution in [0.15, 0.2) is 18.2 Å². The summed E-state index contributed by atoms with van der Waals surface area (Å²) in [6, 6.07) is 4.21. The third-order valence-electron chi connectivity index (χ3n) is 2.51. The van der Waals surface area contributed by atoms with Gasteiger partial charge in [0.2, 0.25) is 0 Å². The second-order valence-corrected chi connectivity index (χ2v) is 4.10. The maximum Gasteiger partial charge on any atom is 0.270 e. The van der Waals surface area contributed by atoms with Crippen molar-refractivity contribution >= 4 is 17.3 Å². The fourth-order valence-electron chi connectivity index (χ4n) is 1.57. The fourth-order valence-corrected chi connectivity index (χ4v) is 1.57. The van der Waals surface area contributed by atoms with Crippen molar-refractivity contribution in [2.45, 2.75) is 0 Å². The molecule has 19 heavy (non-hydrogen) atoms. The van der Waals surface area contributed by atoms with Crippen molar-refractivity contribution < 1.29 is 14.5 Å². The van der Waals surface area contributed by atoms with Gasteiger partial charge in [-0.25, -0.2) is 0 Å². The Bertz CT molecular complexity index is 474. The Morgan fingerprint density at radius 1 is 1.47 bits per heavy atom. The second-order valence-electron chi connectivity index (χ2n) is 4.10. The monoisotopic (exact) mass is 267 g/mol. The van der Waals surface area contributed by atoms with Gasteiger partial charge in [-0.1, -0.05) is 0 Å². The summed E-state index contributed by atoms with van der Waals surface area (Å²) in [5, 5.41) is 13.4. The Morgan fingerprint density at radius 2 is 2.16 bits per heavy atom. The number of hydrogen-bond acceptors (Lipinski definition) is 5. The highest BCUT2D eigenvalue weighted by atomic mass is 16.6. The topological polar surface area (TPSA) is 84.7 Å². The van der Waals surface area contributed by atoms with Gasteiger partial charge in [0.1, 0.15) is 0 Å². The molecule has 1 aromatic rings. The van der Waals surface area contributed by atoms with Crippen molar-refractivity contribution in [2.75, 3.05) is 39.3 Å². The minimum Gasteiger partial charge on any atom is -0.383 e. The number of benzene rings is 1. The van der Waals surface area contributed by atoms with Crippen molar-refractivity contribution in [3.63, 3.8) is 0 Å². The van der Waals surface area contributed by atoms with Crippen molar-refractivity contribution in [3.05, 3.63) is 33.9 Å². The summed E-state index contributed by atoms with van der Waals surface area (Å²) in [4.78, 5) is 24.0. The molecule has 0 saturated carbocycles. The lowest BCUT2D eigenvalue weighted by Crippen LogP contribution is -2.28. The van der Waals surface area contributed by atoms with E-state index < -0.39 is 4.92 Å². The lowest BCUT2D eigenvalue weighted by Gasteiger charge is -2.16. The lowest BCUT2D eigenvalue weighted by molar-refractivity contribution is -0.384. The van der Waals surface area contributed by atoms with E-state index in [1.165, 1.54) is 19.2 Å². The molecule has 0 heterocycles. The summed E-state index contributed by atoms with van der Waals surface area (Å²) in [6.07, 6.45) is 0. The molecule has 0 aliphatic carbocycles. The van der Waals surface area contributed by atoms with E-state index in [0.717, 1.165) is 0 Å². The summed E-state index contributed by atoms with van der Waals surface area (Å²) < 4.78 is 4.83. The van der Waals surface area contributed by atoms with E-state index in [4.69, 9.17) is 4.74 Å². The zero-order valence-electron chi connectivity index (χ0n) is 11.2. The van der Waals surface area contributed by atoms with Gasteiger partial charge in [0.15, 0.2) is 0 Å². The molecule has 7 nitrogen and oxygen atoms in total. The van der Waals surface area contributed by atoms with E-state index in [2.05, 4.69) is 5.32 Å². The molecule has 1 amide bonds. The number of nitrogens with one attached hydrogen (secondary N) is 1. The average Bonchev–Trinajstić information content (AvgIpc) is 2.37. The molecular formula is C12H17N3O4. The first-order valence-electron chi connectivity index (χ1n) is 5.70. The van der Waals surface area contributed by atoms with Gasteiger partial charge in [-0.2, -0.15) is 0 Å². The molecular weight excluding hydrogens is 250 g/mol. The molecule has 1 rings (SSSR count). The van der Waals surface area contributed by atoms with Crippen molar-refractivity contribution in [1.82, 2.24) is 5.32 Å². The molecule has 0 saturated heterocycles. The summed E-state index contributed by atoms with van der Waals surface area (Å²) >= 11 is 0. The number of rotatable bonds is 6. The van der Waals surface area contributed by atoms with E-state index in [-0.39, 0.29) is 17.2 Å².